The molecule has 22 heavy (non-hydrogen) atoms. The smallest absolute Gasteiger partial charge is 0.220 e. The number of guanidine groups is 2. The van der Waals surface area contributed by atoms with Crippen LogP contribution < -0.4 is 16.4 Å². The van der Waals surface area contributed by atoms with Gasteiger partial charge < -0.3 is 11.5 Å². The van der Waals surface area contributed by atoms with Crippen molar-refractivity contribution in [3.63, 3.8) is 0 Å². The van der Waals surface area contributed by atoms with Crippen LogP contribution in [0.2, 0.25) is 0 Å². The van der Waals surface area contributed by atoms with Crippen molar-refractivity contribution >= 4 is 23.4 Å². The molecule has 0 atom stereocenters. The van der Waals surface area contributed by atoms with Crippen LogP contribution in [0.3, 0.4) is 0 Å². The number of hydrogen-bond donors (Lipinski definition) is 2. The highest BCUT2D eigenvalue weighted by Crippen LogP contribution is 2.40. The number of rotatable bonds is 2. The lowest BCUT2D eigenvalue weighted by Crippen LogP contribution is -2.58. The van der Waals surface area contributed by atoms with E-state index in [1.165, 1.54) is 6.42 Å². The molecule has 6 nitrogen and oxygen atoms in total. The van der Waals surface area contributed by atoms with Gasteiger partial charge in [0.2, 0.25) is 11.9 Å². The maximum Gasteiger partial charge on any atom is 0.220 e. The van der Waals surface area contributed by atoms with E-state index in [9.17, 15) is 4.79 Å². The van der Waals surface area contributed by atoms with E-state index in [-0.39, 0.29) is 11.7 Å². The van der Waals surface area contributed by atoms with Gasteiger partial charge in [0.1, 0.15) is 5.66 Å². The van der Waals surface area contributed by atoms with Crippen molar-refractivity contribution in [2.75, 3.05) is 4.90 Å². The normalized spacial score (nSPS) is 20.5. The predicted octanol–water partition coefficient (Wildman–Crippen LogP) is 2.00. The van der Waals surface area contributed by atoms with Gasteiger partial charge in [0.05, 0.1) is 5.69 Å². The van der Waals surface area contributed by atoms with Gasteiger partial charge in [0.25, 0.3) is 0 Å². The summed E-state index contributed by atoms with van der Waals surface area (Å²) in [7, 11) is 0. The zero-order valence-electron chi connectivity index (χ0n) is 12.7. The highest BCUT2D eigenvalue weighted by Gasteiger charge is 2.43. The third-order valence-electron chi connectivity index (χ3n) is 4.38. The van der Waals surface area contributed by atoms with E-state index < -0.39 is 5.66 Å². The molecule has 2 aliphatic rings. The summed E-state index contributed by atoms with van der Waals surface area (Å²) in [5.74, 6) is 0.524. The van der Waals surface area contributed by atoms with Gasteiger partial charge in [-0.15, -0.1) is 0 Å². The summed E-state index contributed by atoms with van der Waals surface area (Å²) in [5, 5.41) is 0. The molecule has 0 radical (unpaired) electrons. The second-order valence-corrected chi connectivity index (χ2v) is 5.89. The summed E-state index contributed by atoms with van der Waals surface area (Å²) in [6, 6.07) is 7.45. The molecule has 1 spiro atoms. The molecule has 1 aliphatic carbocycles. The first-order chi connectivity index (χ1) is 10.5. The number of para-hydroxylation sites is 1. The third kappa shape index (κ3) is 2.34. The van der Waals surface area contributed by atoms with Crippen LogP contribution in [0.15, 0.2) is 34.3 Å². The summed E-state index contributed by atoms with van der Waals surface area (Å²) in [4.78, 5) is 22.6. The Labute approximate surface area is 129 Å². The average Bonchev–Trinajstić information content (AvgIpc) is 2.47. The lowest BCUT2D eigenvalue weighted by atomic mass is 9.86. The van der Waals surface area contributed by atoms with Crippen molar-refractivity contribution in [3.8, 4) is 0 Å². The SMILES string of the molecule is CC(=O)c1ccccc1N1C(N)=NC(N)=NC12CCCCC2. The largest absolute Gasteiger partial charge is 0.369 e. The minimum Gasteiger partial charge on any atom is -0.369 e. The van der Waals surface area contributed by atoms with E-state index in [2.05, 4.69) is 9.98 Å². The molecule has 0 unspecified atom stereocenters. The molecule has 4 N–H and O–H groups in total. The van der Waals surface area contributed by atoms with Crippen molar-refractivity contribution in [1.82, 2.24) is 0 Å². The van der Waals surface area contributed by atoms with E-state index in [1.54, 1.807) is 6.92 Å². The summed E-state index contributed by atoms with van der Waals surface area (Å²) >= 11 is 0. The minimum absolute atomic E-state index is 0.00288. The molecule has 1 aromatic carbocycles. The van der Waals surface area contributed by atoms with Gasteiger partial charge >= 0.3 is 0 Å². The first-order valence-corrected chi connectivity index (χ1v) is 7.63. The van der Waals surface area contributed by atoms with E-state index in [4.69, 9.17) is 11.5 Å². The van der Waals surface area contributed by atoms with E-state index in [0.717, 1.165) is 31.4 Å². The van der Waals surface area contributed by atoms with E-state index >= 15 is 0 Å². The van der Waals surface area contributed by atoms with Crippen LogP contribution in [-0.4, -0.2) is 23.4 Å². The van der Waals surface area contributed by atoms with Crippen LogP contribution in [0.5, 0.6) is 0 Å². The first-order valence-electron chi connectivity index (χ1n) is 7.63. The standard InChI is InChI=1S/C16H21N5O/c1-11(22)12-7-3-4-8-13(12)21-15(18)19-14(17)20-16(21)9-5-2-6-10-16/h3-4,7-8H,2,5-6,9-10H2,1H3,(H4,17,18,19,20). The molecule has 0 bridgehead atoms. The predicted molar refractivity (Wildman–Crippen MR) is 88.0 cm³/mol. The fourth-order valence-electron chi connectivity index (χ4n) is 3.44. The molecule has 116 valence electrons. The number of benzene rings is 1. The number of carbonyl (C=O) groups is 1. The Morgan fingerprint density at radius 3 is 2.55 bits per heavy atom. The van der Waals surface area contributed by atoms with Gasteiger partial charge in [0, 0.05) is 5.56 Å². The number of aliphatic imine (C=N–C) groups is 2. The maximum absolute atomic E-state index is 12.0. The Morgan fingerprint density at radius 2 is 1.86 bits per heavy atom. The number of Topliss-reactive ketones (excluding diaryl/α,β-unsaturated/α-hetero) is 1. The lowest BCUT2D eigenvalue weighted by Gasteiger charge is -2.46. The third-order valence-corrected chi connectivity index (χ3v) is 4.38. The molecule has 1 saturated carbocycles. The first kappa shape index (κ1) is 14.6. The number of ketones is 1. The van der Waals surface area contributed by atoms with Crippen LogP contribution in [0.1, 0.15) is 49.4 Å². The van der Waals surface area contributed by atoms with Crippen molar-refractivity contribution in [3.05, 3.63) is 29.8 Å². The summed E-state index contributed by atoms with van der Waals surface area (Å²) in [6.45, 7) is 1.56. The lowest BCUT2D eigenvalue weighted by molar-refractivity contribution is 0.101. The highest BCUT2D eigenvalue weighted by atomic mass is 16.1. The van der Waals surface area contributed by atoms with Crippen LogP contribution in [-0.2, 0) is 0 Å². The molecular formula is C16H21N5O. The van der Waals surface area contributed by atoms with Gasteiger partial charge in [-0.3, -0.25) is 9.69 Å². The minimum atomic E-state index is -0.514. The second-order valence-electron chi connectivity index (χ2n) is 5.89. The molecule has 1 fully saturated rings. The fourth-order valence-corrected chi connectivity index (χ4v) is 3.44. The zero-order chi connectivity index (χ0) is 15.7. The van der Waals surface area contributed by atoms with Crippen molar-refractivity contribution in [2.45, 2.75) is 44.7 Å². The quantitative estimate of drug-likeness (QED) is 0.816. The Morgan fingerprint density at radius 1 is 1.18 bits per heavy atom. The Balaban J connectivity index is 2.15. The van der Waals surface area contributed by atoms with Crippen LogP contribution in [0, 0.1) is 0 Å². The second kappa shape index (κ2) is 5.44. The number of anilines is 1. The Hall–Kier alpha value is -2.37. The Bertz CT molecular complexity index is 658. The molecule has 6 heteroatoms. The molecular weight excluding hydrogens is 278 g/mol. The number of nitrogens with two attached hydrogens (primary N) is 2. The molecule has 1 aliphatic heterocycles. The summed E-state index contributed by atoms with van der Waals surface area (Å²) in [5.41, 5.74) is 12.9. The van der Waals surface area contributed by atoms with Crippen LogP contribution >= 0.6 is 0 Å². The maximum atomic E-state index is 12.0. The molecule has 0 saturated heterocycles. The molecule has 1 aromatic rings. The number of hydrogen-bond acceptors (Lipinski definition) is 6. The van der Waals surface area contributed by atoms with Gasteiger partial charge in [-0.1, -0.05) is 18.6 Å². The van der Waals surface area contributed by atoms with Crippen molar-refractivity contribution < 1.29 is 4.79 Å². The zero-order valence-corrected chi connectivity index (χ0v) is 12.7. The van der Waals surface area contributed by atoms with Gasteiger partial charge in [-0.25, -0.2) is 4.99 Å². The van der Waals surface area contributed by atoms with Crippen molar-refractivity contribution in [1.29, 1.82) is 0 Å². The number of nitrogens with zero attached hydrogens (tertiary/aromatic N) is 3. The topological polar surface area (TPSA) is 97.1 Å². The number of carbonyl (C=O) groups excluding carboxylic acids is 1. The van der Waals surface area contributed by atoms with Crippen molar-refractivity contribution in [2.24, 2.45) is 21.5 Å². The van der Waals surface area contributed by atoms with Crippen LogP contribution in [0.25, 0.3) is 0 Å². The van der Waals surface area contributed by atoms with E-state index in [0.29, 0.717) is 11.5 Å². The average molecular weight is 299 g/mol. The summed E-state index contributed by atoms with van der Waals surface area (Å²) in [6.07, 6.45) is 5.01. The molecule has 1 heterocycles. The summed E-state index contributed by atoms with van der Waals surface area (Å²) < 4.78 is 0. The molecule has 3 rings (SSSR count). The van der Waals surface area contributed by atoms with Crippen LogP contribution in [0.4, 0.5) is 5.69 Å². The monoisotopic (exact) mass is 299 g/mol. The Kier molecular flexibility index (Phi) is 3.60. The molecule has 0 aromatic heterocycles. The van der Waals surface area contributed by atoms with Gasteiger partial charge in [0.15, 0.2) is 5.78 Å². The van der Waals surface area contributed by atoms with Gasteiger partial charge in [-0.2, -0.15) is 4.99 Å². The van der Waals surface area contributed by atoms with Gasteiger partial charge in [-0.05, 0) is 44.7 Å². The fraction of sp³-hybridized carbons (Fsp3) is 0.438. The molecule has 0 amide bonds. The highest BCUT2D eigenvalue weighted by molar-refractivity contribution is 6.09. The van der Waals surface area contributed by atoms with E-state index in [1.807, 2.05) is 29.2 Å².